The molecule has 0 saturated heterocycles. The number of urea groups is 1. The van der Waals surface area contributed by atoms with Gasteiger partial charge in [0.25, 0.3) is 0 Å². The van der Waals surface area contributed by atoms with Crippen molar-refractivity contribution in [3.63, 3.8) is 0 Å². The van der Waals surface area contributed by atoms with Gasteiger partial charge < -0.3 is 15.4 Å². The van der Waals surface area contributed by atoms with Crippen molar-refractivity contribution in [2.75, 3.05) is 13.2 Å². The maximum Gasteiger partial charge on any atom is 0.315 e. The number of nitrogens with one attached hydrogen (secondary N) is 2. The van der Waals surface area contributed by atoms with Crippen molar-refractivity contribution < 1.29 is 9.53 Å². The zero-order valence-corrected chi connectivity index (χ0v) is 14.6. The third kappa shape index (κ3) is 4.59. The van der Waals surface area contributed by atoms with E-state index in [1.165, 1.54) is 0 Å². The Kier molecular flexibility index (Phi) is 5.87. The molecule has 0 aliphatic heterocycles. The molecule has 4 nitrogen and oxygen atoms in total. The lowest BCUT2D eigenvalue weighted by molar-refractivity contribution is 0.234. The number of benzene rings is 1. The van der Waals surface area contributed by atoms with Gasteiger partial charge in [-0.25, -0.2) is 4.79 Å². The molecule has 24 heavy (non-hydrogen) atoms. The zero-order valence-electron chi connectivity index (χ0n) is 13.0. The van der Waals surface area contributed by atoms with E-state index in [0.717, 1.165) is 16.2 Å². The van der Waals surface area contributed by atoms with Gasteiger partial charge >= 0.3 is 6.03 Å². The quantitative estimate of drug-likeness (QED) is 0.620. The zero-order chi connectivity index (χ0) is 16.6. The number of para-hydroxylation sites is 1. The molecule has 0 fully saturated rings. The molecule has 2 amide bonds. The van der Waals surface area contributed by atoms with E-state index in [1.807, 2.05) is 59.3 Å². The van der Waals surface area contributed by atoms with Crippen LogP contribution < -0.4 is 15.4 Å². The Bertz CT molecular complexity index is 693. The molecule has 0 bridgehead atoms. The van der Waals surface area contributed by atoms with Crippen LogP contribution in [0.1, 0.15) is 16.5 Å². The van der Waals surface area contributed by atoms with Gasteiger partial charge in [0, 0.05) is 4.88 Å². The average Bonchev–Trinajstić information content (AvgIpc) is 3.31. The van der Waals surface area contributed by atoms with Gasteiger partial charge in [-0.3, -0.25) is 0 Å². The van der Waals surface area contributed by atoms with Gasteiger partial charge in [-0.1, -0.05) is 24.3 Å². The first-order valence-corrected chi connectivity index (χ1v) is 9.43. The summed E-state index contributed by atoms with van der Waals surface area (Å²) < 4.78 is 5.57. The van der Waals surface area contributed by atoms with Crippen LogP contribution in [0.4, 0.5) is 4.79 Å². The fourth-order valence-electron chi connectivity index (χ4n) is 2.25. The fraction of sp³-hybridized carbons (Fsp3) is 0.167. The Morgan fingerprint density at radius 1 is 1.08 bits per heavy atom. The van der Waals surface area contributed by atoms with E-state index in [0.29, 0.717) is 13.2 Å². The molecule has 1 unspecified atom stereocenters. The van der Waals surface area contributed by atoms with E-state index in [1.54, 1.807) is 22.7 Å². The van der Waals surface area contributed by atoms with Gasteiger partial charge in [-0.05, 0) is 46.0 Å². The summed E-state index contributed by atoms with van der Waals surface area (Å²) >= 11 is 3.26. The SMILES string of the molecule is O=C(NCCOc1ccccc1)NC(c1ccsc1)c1cccs1. The molecular formula is C18H18N2O2S2. The van der Waals surface area contributed by atoms with E-state index in [2.05, 4.69) is 16.0 Å². The van der Waals surface area contributed by atoms with Crippen molar-refractivity contribution in [2.45, 2.75) is 6.04 Å². The number of carbonyl (C=O) groups is 1. The normalized spacial score (nSPS) is 11.7. The van der Waals surface area contributed by atoms with Crippen molar-refractivity contribution in [3.05, 3.63) is 75.1 Å². The van der Waals surface area contributed by atoms with Crippen molar-refractivity contribution in [3.8, 4) is 5.75 Å². The molecule has 3 aromatic rings. The van der Waals surface area contributed by atoms with E-state index >= 15 is 0 Å². The second kappa shape index (κ2) is 8.52. The molecule has 6 heteroatoms. The molecule has 0 spiro atoms. The lowest BCUT2D eigenvalue weighted by Crippen LogP contribution is -2.39. The van der Waals surface area contributed by atoms with Crippen LogP contribution in [-0.2, 0) is 0 Å². The van der Waals surface area contributed by atoms with E-state index in [9.17, 15) is 4.79 Å². The smallest absolute Gasteiger partial charge is 0.315 e. The Morgan fingerprint density at radius 3 is 2.67 bits per heavy atom. The molecule has 2 N–H and O–H groups in total. The molecule has 2 aromatic heterocycles. The third-order valence-electron chi connectivity index (χ3n) is 3.38. The van der Waals surface area contributed by atoms with Gasteiger partial charge in [0.05, 0.1) is 12.6 Å². The second-order valence-electron chi connectivity index (χ2n) is 5.07. The molecule has 1 atom stereocenters. The molecule has 0 aliphatic carbocycles. The molecule has 1 aromatic carbocycles. The number of hydrogen-bond donors (Lipinski definition) is 2. The highest BCUT2D eigenvalue weighted by Gasteiger charge is 2.17. The summed E-state index contributed by atoms with van der Waals surface area (Å²) in [4.78, 5) is 13.3. The van der Waals surface area contributed by atoms with Crippen LogP contribution in [0.3, 0.4) is 0 Å². The van der Waals surface area contributed by atoms with Crippen LogP contribution in [0.15, 0.2) is 64.7 Å². The molecule has 2 heterocycles. The number of hydrogen-bond acceptors (Lipinski definition) is 4. The first-order valence-electron chi connectivity index (χ1n) is 7.60. The van der Waals surface area contributed by atoms with Gasteiger partial charge in [-0.2, -0.15) is 11.3 Å². The summed E-state index contributed by atoms with van der Waals surface area (Å²) in [5.74, 6) is 0.800. The Balaban J connectivity index is 1.49. The Hall–Kier alpha value is -2.31. The number of thiophene rings is 2. The number of amides is 2. The van der Waals surface area contributed by atoms with E-state index in [-0.39, 0.29) is 12.1 Å². The summed E-state index contributed by atoms with van der Waals surface area (Å²) in [5.41, 5.74) is 1.10. The summed E-state index contributed by atoms with van der Waals surface area (Å²) in [6, 6.07) is 15.3. The first-order chi connectivity index (χ1) is 11.8. The highest BCUT2D eigenvalue weighted by atomic mass is 32.1. The molecule has 0 radical (unpaired) electrons. The molecule has 0 aliphatic rings. The largest absolute Gasteiger partial charge is 0.492 e. The lowest BCUT2D eigenvalue weighted by atomic mass is 10.1. The van der Waals surface area contributed by atoms with Crippen molar-refractivity contribution in [2.24, 2.45) is 0 Å². The minimum Gasteiger partial charge on any atom is -0.492 e. The molecule has 0 saturated carbocycles. The van der Waals surface area contributed by atoms with Gasteiger partial charge in [-0.15, -0.1) is 11.3 Å². The first kappa shape index (κ1) is 16.5. The van der Waals surface area contributed by atoms with Crippen molar-refractivity contribution in [1.29, 1.82) is 0 Å². The lowest BCUT2D eigenvalue weighted by Gasteiger charge is -2.17. The van der Waals surface area contributed by atoms with Gasteiger partial charge in [0.15, 0.2) is 0 Å². The minimum atomic E-state index is -0.198. The summed E-state index contributed by atoms with van der Waals surface area (Å²) in [6.45, 7) is 0.876. The number of carbonyl (C=O) groups excluding carboxylic acids is 1. The number of ether oxygens (including phenoxy) is 1. The predicted molar refractivity (Wildman–Crippen MR) is 99.0 cm³/mol. The Labute approximate surface area is 149 Å². The highest BCUT2D eigenvalue weighted by molar-refractivity contribution is 7.10. The third-order valence-corrected chi connectivity index (χ3v) is 5.02. The van der Waals surface area contributed by atoms with Crippen LogP contribution in [0, 0.1) is 0 Å². The molecular weight excluding hydrogens is 340 g/mol. The monoisotopic (exact) mass is 358 g/mol. The topological polar surface area (TPSA) is 50.4 Å². The molecule has 3 rings (SSSR count). The minimum absolute atomic E-state index is 0.119. The van der Waals surface area contributed by atoms with Crippen molar-refractivity contribution >= 4 is 28.7 Å². The van der Waals surface area contributed by atoms with Crippen LogP contribution in [0.2, 0.25) is 0 Å². The van der Waals surface area contributed by atoms with Crippen LogP contribution in [-0.4, -0.2) is 19.2 Å². The average molecular weight is 358 g/mol. The van der Waals surface area contributed by atoms with E-state index < -0.39 is 0 Å². The maximum atomic E-state index is 12.2. The van der Waals surface area contributed by atoms with Crippen LogP contribution in [0.25, 0.3) is 0 Å². The highest BCUT2D eigenvalue weighted by Crippen LogP contribution is 2.27. The standard InChI is InChI=1S/C18H18N2O2S2/c21-18(19-9-10-22-15-5-2-1-3-6-15)20-17(14-8-12-23-13-14)16-7-4-11-24-16/h1-8,11-13,17H,9-10H2,(H2,19,20,21). The summed E-state index contributed by atoms with van der Waals surface area (Å²) in [6.07, 6.45) is 0. The summed E-state index contributed by atoms with van der Waals surface area (Å²) in [5, 5.41) is 12.0. The van der Waals surface area contributed by atoms with Crippen LogP contribution in [0.5, 0.6) is 5.75 Å². The van der Waals surface area contributed by atoms with Crippen molar-refractivity contribution in [1.82, 2.24) is 10.6 Å². The Morgan fingerprint density at radius 2 is 1.96 bits per heavy atom. The second-order valence-corrected chi connectivity index (χ2v) is 6.83. The number of rotatable bonds is 7. The van der Waals surface area contributed by atoms with Crippen LogP contribution >= 0.6 is 22.7 Å². The maximum absolute atomic E-state index is 12.2. The predicted octanol–water partition coefficient (Wildman–Crippen LogP) is 4.28. The summed E-state index contributed by atoms with van der Waals surface area (Å²) in [7, 11) is 0. The van der Waals surface area contributed by atoms with Gasteiger partial charge in [0.2, 0.25) is 0 Å². The fourth-order valence-corrected chi connectivity index (χ4v) is 3.73. The van der Waals surface area contributed by atoms with Gasteiger partial charge in [0.1, 0.15) is 12.4 Å². The van der Waals surface area contributed by atoms with E-state index in [4.69, 9.17) is 4.74 Å². The molecule has 124 valence electrons.